The van der Waals surface area contributed by atoms with Gasteiger partial charge in [-0.3, -0.25) is 9.59 Å². The number of ether oxygens (including phenoxy) is 4. The van der Waals surface area contributed by atoms with E-state index >= 15 is 0 Å². The van der Waals surface area contributed by atoms with Crippen molar-refractivity contribution in [1.82, 2.24) is 0 Å². The summed E-state index contributed by atoms with van der Waals surface area (Å²) in [6, 6.07) is 8.63. The molecule has 0 atom stereocenters. The Balaban J connectivity index is 2.19. The Morgan fingerprint density at radius 1 is 0.867 bits per heavy atom. The van der Waals surface area contributed by atoms with E-state index < -0.39 is 24.5 Å². The molecule has 9 nitrogen and oxygen atoms in total. The first-order chi connectivity index (χ1) is 14.3. The molecule has 0 heterocycles. The molecule has 30 heavy (non-hydrogen) atoms. The summed E-state index contributed by atoms with van der Waals surface area (Å²) in [5.74, 6) is -1.53. The number of nitrogens with one attached hydrogen (secondary N) is 1. The van der Waals surface area contributed by atoms with Gasteiger partial charge in [0.05, 0.1) is 38.0 Å². The SMILES string of the molecule is COC(=O)c1cc(NC(=O)COc2cc(OC)ccc2C(C)=O)cc(C(=O)OC)c1. The van der Waals surface area contributed by atoms with E-state index in [2.05, 4.69) is 14.8 Å². The van der Waals surface area contributed by atoms with Crippen LogP contribution in [0, 0.1) is 0 Å². The van der Waals surface area contributed by atoms with Crippen LogP contribution in [0.25, 0.3) is 0 Å². The molecule has 0 aliphatic rings. The van der Waals surface area contributed by atoms with Gasteiger partial charge in [-0.05, 0) is 37.3 Å². The highest BCUT2D eigenvalue weighted by molar-refractivity contribution is 6.00. The smallest absolute Gasteiger partial charge is 0.337 e. The first kappa shape index (κ1) is 22.4. The minimum Gasteiger partial charge on any atom is -0.497 e. The number of benzene rings is 2. The van der Waals surface area contributed by atoms with Crippen molar-refractivity contribution in [1.29, 1.82) is 0 Å². The number of Topliss-reactive ketones (excluding diaryl/α,β-unsaturated/α-hetero) is 1. The molecule has 0 unspecified atom stereocenters. The minimum absolute atomic E-state index is 0.0586. The van der Waals surface area contributed by atoms with Crippen molar-refractivity contribution in [2.45, 2.75) is 6.92 Å². The van der Waals surface area contributed by atoms with E-state index in [0.717, 1.165) is 0 Å². The molecular formula is C21H21NO8. The second-order valence-electron chi connectivity index (χ2n) is 6.04. The molecule has 2 aromatic carbocycles. The largest absolute Gasteiger partial charge is 0.497 e. The molecular weight excluding hydrogens is 394 g/mol. The van der Waals surface area contributed by atoms with E-state index in [1.165, 1.54) is 58.6 Å². The van der Waals surface area contributed by atoms with Gasteiger partial charge in [-0.25, -0.2) is 9.59 Å². The number of carbonyl (C=O) groups is 4. The Hall–Kier alpha value is -3.88. The molecule has 0 aromatic heterocycles. The van der Waals surface area contributed by atoms with Gasteiger partial charge in [-0.1, -0.05) is 0 Å². The van der Waals surface area contributed by atoms with Gasteiger partial charge in [0.15, 0.2) is 12.4 Å². The fourth-order valence-corrected chi connectivity index (χ4v) is 2.55. The Labute approximate surface area is 172 Å². The van der Waals surface area contributed by atoms with Gasteiger partial charge in [-0.2, -0.15) is 0 Å². The van der Waals surface area contributed by atoms with E-state index in [-0.39, 0.29) is 28.3 Å². The molecule has 0 saturated carbocycles. The first-order valence-corrected chi connectivity index (χ1v) is 8.72. The highest BCUT2D eigenvalue weighted by Crippen LogP contribution is 2.25. The summed E-state index contributed by atoms with van der Waals surface area (Å²) >= 11 is 0. The summed E-state index contributed by atoms with van der Waals surface area (Å²) in [5.41, 5.74) is 0.583. The number of amides is 1. The number of esters is 2. The van der Waals surface area contributed by atoms with E-state index in [4.69, 9.17) is 9.47 Å². The van der Waals surface area contributed by atoms with Gasteiger partial charge in [0.1, 0.15) is 11.5 Å². The van der Waals surface area contributed by atoms with Crippen molar-refractivity contribution in [2.24, 2.45) is 0 Å². The molecule has 0 saturated heterocycles. The highest BCUT2D eigenvalue weighted by atomic mass is 16.5. The van der Waals surface area contributed by atoms with E-state index in [0.29, 0.717) is 11.3 Å². The molecule has 2 rings (SSSR count). The number of rotatable bonds is 8. The third-order valence-electron chi connectivity index (χ3n) is 3.99. The van der Waals surface area contributed by atoms with Crippen LogP contribution >= 0.6 is 0 Å². The molecule has 0 bridgehead atoms. The van der Waals surface area contributed by atoms with Gasteiger partial charge in [0.25, 0.3) is 5.91 Å². The zero-order chi connectivity index (χ0) is 22.3. The predicted molar refractivity (Wildman–Crippen MR) is 106 cm³/mol. The summed E-state index contributed by atoms with van der Waals surface area (Å²) in [4.78, 5) is 47.8. The maximum atomic E-state index is 12.3. The van der Waals surface area contributed by atoms with Crippen LogP contribution in [0.5, 0.6) is 11.5 Å². The van der Waals surface area contributed by atoms with Gasteiger partial charge >= 0.3 is 11.9 Å². The zero-order valence-electron chi connectivity index (χ0n) is 16.9. The fourth-order valence-electron chi connectivity index (χ4n) is 2.55. The van der Waals surface area contributed by atoms with Crippen molar-refractivity contribution in [2.75, 3.05) is 33.3 Å². The van der Waals surface area contributed by atoms with E-state index in [1.54, 1.807) is 6.07 Å². The van der Waals surface area contributed by atoms with Crippen molar-refractivity contribution in [3.05, 3.63) is 53.1 Å². The number of methoxy groups -OCH3 is 3. The topological polar surface area (TPSA) is 117 Å². The molecule has 1 amide bonds. The second kappa shape index (κ2) is 10.1. The summed E-state index contributed by atoms with van der Waals surface area (Å²) in [5, 5.41) is 2.53. The molecule has 0 spiro atoms. The van der Waals surface area contributed by atoms with Crippen LogP contribution in [-0.4, -0.2) is 51.6 Å². The molecule has 2 aromatic rings. The zero-order valence-corrected chi connectivity index (χ0v) is 16.9. The van der Waals surface area contributed by atoms with Gasteiger partial charge in [-0.15, -0.1) is 0 Å². The van der Waals surface area contributed by atoms with Crippen LogP contribution in [0.15, 0.2) is 36.4 Å². The fraction of sp³-hybridized carbons (Fsp3) is 0.238. The van der Waals surface area contributed by atoms with Gasteiger partial charge in [0, 0.05) is 11.8 Å². The normalized spacial score (nSPS) is 10.0. The number of ketones is 1. The lowest BCUT2D eigenvalue weighted by atomic mass is 10.1. The number of hydrogen-bond donors (Lipinski definition) is 1. The monoisotopic (exact) mass is 415 g/mol. The van der Waals surface area contributed by atoms with Crippen LogP contribution in [0.2, 0.25) is 0 Å². The Bertz CT molecular complexity index is 949. The summed E-state index contributed by atoms with van der Waals surface area (Å²) in [7, 11) is 3.85. The molecule has 9 heteroatoms. The third-order valence-corrected chi connectivity index (χ3v) is 3.99. The van der Waals surface area contributed by atoms with Crippen LogP contribution in [0.4, 0.5) is 5.69 Å². The second-order valence-corrected chi connectivity index (χ2v) is 6.04. The number of carbonyl (C=O) groups excluding carboxylic acids is 4. The van der Waals surface area contributed by atoms with Crippen LogP contribution in [0.3, 0.4) is 0 Å². The molecule has 0 aliphatic heterocycles. The van der Waals surface area contributed by atoms with Crippen molar-refractivity contribution in [3.8, 4) is 11.5 Å². The lowest BCUT2D eigenvalue weighted by Gasteiger charge is -2.12. The Kier molecular flexibility index (Phi) is 7.51. The molecule has 1 N–H and O–H groups in total. The number of anilines is 1. The first-order valence-electron chi connectivity index (χ1n) is 8.72. The van der Waals surface area contributed by atoms with E-state index in [9.17, 15) is 19.2 Å². The molecule has 158 valence electrons. The summed E-state index contributed by atoms with van der Waals surface area (Å²) < 4.78 is 19.9. The standard InChI is InChI=1S/C21H21NO8/c1-12(23)17-6-5-16(27-2)10-18(17)30-11-19(24)22-15-8-13(20(25)28-3)7-14(9-15)21(26)29-4/h5-10H,11H2,1-4H3,(H,22,24). The highest BCUT2D eigenvalue weighted by Gasteiger charge is 2.16. The average molecular weight is 415 g/mol. The maximum absolute atomic E-state index is 12.3. The quantitative estimate of drug-likeness (QED) is 0.516. The lowest BCUT2D eigenvalue weighted by molar-refractivity contribution is -0.118. The molecule has 0 aliphatic carbocycles. The third kappa shape index (κ3) is 5.57. The Morgan fingerprint density at radius 2 is 1.47 bits per heavy atom. The lowest BCUT2D eigenvalue weighted by Crippen LogP contribution is -2.21. The summed E-state index contributed by atoms with van der Waals surface area (Å²) in [6.07, 6.45) is 0. The molecule has 0 fully saturated rings. The van der Waals surface area contributed by atoms with Crippen molar-refractivity contribution < 1.29 is 38.1 Å². The van der Waals surface area contributed by atoms with E-state index in [1.807, 2.05) is 0 Å². The minimum atomic E-state index is -0.685. The maximum Gasteiger partial charge on any atom is 0.337 e. The predicted octanol–water partition coefficient (Wildman–Crippen LogP) is 2.49. The summed E-state index contributed by atoms with van der Waals surface area (Å²) in [6.45, 7) is 0.949. The van der Waals surface area contributed by atoms with Crippen LogP contribution in [-0.2, 0) is 14.3 Å². The van der Waals surface area contributed by atoms with Crippen LogP contribution < -0.4 is 14.8 Å². The average Bonchev–Trinajstić information content (AvgIpc) is 2.75. The van der Waals surface area contributed by atoms with Gasteiger partial charge in [0.2, 0.25) is 0 Å². The van der Waals surface area contributed by atoms with Crippen molar-refractivity contribution >= 4 is 29.3 Å². The number of hydrogen-bond acceptors (Lipinski definition) is 8. The van der Waals surface area contributed by atoms with Gasteiger partial charge < -0.3 is 24.3 Å². The Morgan fingerprint density at radius 3 is 1.97 bits per heavy atom. The van der Waals surface area contributed by atoms with Crippen LogP contribution in [0.1, 0.15) is 38.0 Å². The van der Waals surface area contributed by atoms with Crippen molar-refractivity contribution in [3.63, 3.8) is 0 Å². The molecule has 0 radical (unpaired) electrons.